The Morgan fingerprint density at radius 1 is 0.765 bits per heavy atom. The molecular weight excluding hydrogens is 501 g/mol. The Labute approximate surface area is 217 Å². The zero-order valence-electron chi connectivity index (χ0n) is 23.1. The minimum Gasteiger partial charge on any atom is -0.394 e. The van der Waals surface area contributed by atoms with Crippen LogP contribution in [0, 0.1) is 0 Å². The van der Waals surface area contributed by atoms with Crippen molar-refractivity contribution in [2.75, 3.05) is 67.8 Å². The molecule has 0 saturated heterocycles. The summed E-state index contributed by atoms with van der Waals surface area (Å²) in [6, 6.07) is 2.00. The molecule has 0 fully saturated rings. The summed E-state index contributed by atoms with van der Waals surface area (Å²) >= 11 is 0. The van der Waals surface area contributed by atoms with E-state index >= 15 is 0 Å². The molecule has 0 aromatic carbocycles. The highest BCUT2D eigenvalue weighted by molar-refractivity contribution is 6.57. The number of hydrogen-bond donors (Lipinski definition) is 0. The highest BCUT2D eigenvalue weighted by Gasteiger charge is 2.23. The lowest BCUT2D eigenvalue weighted by molar-refractivity contribution is 0.141. The third-order valence-corrected chi connectivity index (χ3v) is 12.5. The zero-order chi connectivity index (χ0) is 25.8. The van der Waals surface area contributed by atoms with E-state index in [1.165, 1.54) is 5.20 Å². The second kappa shape index (κ2) is 22.5. The number of rotatable bonds is 23. The Morgan fingerprint density at radius 2 is 1.15 bits per heavy atom. The van der Waals surface area contributed by atoms with Gasteiger partial charge in [0.2, 0.25) is 0 Å². The van der Waals surface area contributed by atoms with E-state index in [0.29, 0.717) is 15.3 Å². The van der Waals surface area contributed by atoms with Gasteiger partial charge < -0.3 is 26.6 Å². The van der Waals surface area contributed by atoms with Crippen LogP contribution in [0.2, 0.25) is 12.1 Å². The van der Waals surface area contributed by atoms with Crippen molar-refractivity contribution in [3.63, 3.8) is 0 Å². The van der Waals surface area contributed by atoms with Crippen molar-refractivity contribution in [2.45, 2.75) is 65.3 Å². The van der Waals surface area contributed by atoms with Crippen molar-refractivity contribution < 1.29 is 26.6 Å². The average molecular weight is 550 g/mol. The van der Waals surface area contributed by atoms with Gasteiger partial charge in [0.05, 0.1) is 5.79 Å². The quantitative estimate of drug-likeness (QED) is 0.142. The second-order valence-electron chi connectivity index (χ2n) is 7.71. The maximum atomic E-state index is 5.81. The van der Waals surface area contributed by atoms with E-state index < -0.39 is 27.9 Å². The fourth-order valence-electron chi connectivity index (χ4n) is 3.46. The van der Waals surface area contributed by atoms with E-state index in [9.17, 15) is 0 Å². The Balaban J connectivity index is 5.08. The molecule has 199 valence electrons. The zero-order valence-corrected chi connectivity index (χ0v) is 27.1. The highest BCUT2D eigenvalue weighted by atomic mass is 28.3. The molecule has 34 heavy (non-hydrogen) atoms. The molecule has 0 bridgehead atoms. The van der Waals surface area contributed by atoms with E-state index in [4.69, 9.17) is 26.6 Å². The van der Waals surface area contributed by atoms with Gasteiger partial charge in [-0.15, -0.1) is 0 Å². The lowest BCUT2D eigenvalue weighted by Gasteiger charge is -2.35. The summed E-state index contributed by atoms with van der Waals surface area (Å²) in [6.45, 7) is 15.1. The Morgan fingerprint density at radius 3 is 1.47 bits per heavy atom. The summed E-state index contributed by atoms with van der Waals surface area (Å²) in [6.07, 6.45) is 2.13. The van der Waals surface area contributed by atoms with E-state index in [1.54, 1.807) is 14.2 Å². The maximum absolute atomic E-state index is 5.81. The van der Waals surface area contributed by atoms with Gasteiger partial charge >= 0.3 is 27.9 Å². The fraction of sp³-hybridized carbons (Fsp3) is 0.909. The monoisotopic (exact) mass is 549 g/mol. The Hall–Kier alpha value is 0.288. The topological polar surface area (TPSA) is 61.9 Å². The van der Waals surface area contributed by atoms with Crippen LogP contribution >= 0.6 is 0 Å². The SMILES string of the molecule is CCO[Si](CCCN(C)C([Si]C=C(C)[Si](OC)OC)N(C)CCC[Si](OCC)OCC)OCC. The minimum atomic E-state index is -1.35. The largest absolute Gasteiger partial charge is 0.417 e. The third kappa shape index (κ3) is 15.4. The molecule has 0 atom stereocenters. The van der Waals surface area contributed by atoms with Crippen molar-refractivity contribution in [3.8, 4) is 0 Å². The van der Waals surface area contributed by atoms with Gasteiger partial charge in [0.1, 0.15) is 9.52 Å². The first-order chi connectivity index (χ1) is 16.4. The molecule has 0 rings (SSSR count). The van der Waals surface area contributed by atoms with Gasteiger partial charge in [-0.1, -0.05) is 5.70 Å². The first-order valence-electron chi connectivity index (χ1n) is 12.4. The first kappa shape index (κ1) is 34.3. The average Bonchev–Trinajstić information content (AvgIpc) is 2.80. The maximum Gasteiger partial charge on any atom is 0.417 e. The molecule has 0 amide bonds. The summed E-state index contributed by atoms with van der Waals surface area (Å²) in [7, 11) is 4.82. The lowest BCUT2D eigenvalue weighted by Crippen LogP contribution is -2.49. The van der Waals surface area contributed by atoms with E-state index in [1.807, 2.05) is 27.7 Å². The van der Waals surface area contributed by atoms with Gasteiger partial charge in [0.15, 0.2) is 0 Å². The second-order valence-corrected chi connectivity index (χ2v) is 14.7. The molecule has 12 heteroatoms. The Bertz CT molecular complexity index is 466. The summed E-state index contributed by atoms with van der Waals surface area (Å²) in [4.78, 5) is 4.92. The van der Waals surface area contributed by atoms with Gasteiger partial charge in [-0.2, -0.15) is 0 Å². The predicted molar refractivity (Wildman–Crippen MR) is 145 cm³/mol. The first-order valence-corrected chi connectivity index (χ1v) is 17.9. The van der Waals surface area contributed by atoms with Crippen molar-refractivity contribution in [1.29, 1.82) is 0 Å². The molecule has 0 aliphatic heterocycles. The van der Waals surface area contributed by atoms with Crippen LogP contribution in [0.1, 0.15) is 47.5 Å². The van der Waals surface area contributed by atoms with Crippen LogP contribution in [0.15, 0.2) is 10.9 Å². The molecule has 5 radical (unpaired) electrons. The summed E-state index contributed by atoms with van der Waals surface area (Å²) in [5, 5.41) is 1.21. The van der Waals surface area contributed by atoms with Crippen LogP contribution in [0.25, 0.3) is 0 Å². The number of hydrogen-bond acceptors (Lipinski definition) is 8. The molecule has 0 aromatic rings. The summed E-state index contributed by atoms with van der Waals surface area (Å²) in [5.74, 6) is 0.316. The van der Waals surface area contributed by atoms with Crippen LogP contribution < -0.4 is 0 Å². The van der Waals surface area contributed by atoms with Crippen molar-refractivity contribution in [1.82, 2.24) is 9.80 Å². The predicted octanol–water partition coefficient (Wildman–Crippen LogP) is 2.96. The molecule has 8 nitrogen and oxygen atoms in total. The third-order valence-electron chi connectivity index (χ3n) is 4.98. The number of allylic oxidation sites excluding steroid dienone is 1. The van der Waals surface area contributed by atoms with Crippen molar-refractivity contribution >= 4 is 37.4 Å². The molecule has 0 heterocycles. The molecule has 0 aliphatic carbocycles. The lowest BCUT2D eigenvalue weighted by atomic mass is 10.4. The minimum absolute atomic E-state index is 0.316. The summed E-state index contributed by atoms with van der Waals surface area (Å²) in [5.41, 5.74) is 2.31. The smallest absolute Gasteiger partial charge is 0.394 e. The van der Waals surface area contributed by atoms with E-state index in [2.05, 4.69) is 36.5 Å². The van der Waals surface area contributed by atoms with Crippen molar-refractivity contribution in [3.05, 3.63) is 10.9 Å². The molecule has 0 N–H and O–H groups in total. The van der Waals surface area contributed by atoms with Gasteiger partial charge in [-0.05, 0) is 91.9 Å². The highest BCUT2D eigenvalue weighted by Crippen LogP contribution is 2.11. The molecule has 0 spiro atoms. The normalized spacial score (nSPS) is 13.1. The fourth-order valence-corrected chi connectivity index (χ4v) is 9.08. The van der Waals surface area contributed by atoms with Crippen LogP contribution in [0.3, 0.4) is 0 Å². The molecule has 0 aliphatic rings. The van der Waals surface area contributed by atoms with Gasteiger partial charge in [-0.3, -0.25) is 9.80 Å². The van der Waals surface area contributed by atoms with E-state index in [0.717, 1.165) is 64.4 Å². The van der Waals surface area contributed by atoms with Crippen LogP contribution in [-0.2, 0) is 26.6 Å². The van der Waals surface area contributed by atoms with Gasteiger partial charge in [0.25, 0.3) is 0 Å². The van der Waals surface area contributed by atoms with Gasteiger partial charge in [-0.25, -0.2) is 0 Å². The standard InChI is InChI=1S/C22H49N2O6Si4/c1-10-27-32(28-11-2)18-14-16-23(6)22(31-20-21(5)34(25-8)26-9)24(7)17-15-19-33(29-12-3)30-13-4/h20,22H,10-19H2,1-9H3. The van der Waals surface area contributed by atoms with Gasteiger partial charge in [0, 0.05) is 40.6 Å². The Kier molecular flexibility index (Phi) is 22.7. The van der Waals surface area contributed by atoms with Crippen LogP contribution in [-0.4, -0.2) is 121 Å². The molecule has 0 aromatic heterocycles. The molecule has 0 unspecified atom stereocenters. The van der Waals surface area contributed by atoms with Crippen LogP contribution in [0.5, 0.6) is 0 Å². The summed E-state index contributed by atoms with van der Waals surface area (Å²) < 4.78 is 34.3. The van der Waals surface area contributed by atoms with E-state index in [-0.39, 0.29) is 0 Å². The number of nitrogens with zero attached hydrogens (tertiary/aromatic N) is 2. The van der Waals surface area contributed by atoms with Crippen LogP contribution in [0.4, 0.5) is 0 Å². The van der Waals surface area contributed by atoms with Crippen molar-refractivity contribution in [2.24, 2.45) is 0 Å². The molecule has 0 saturated carbocycles. The molecular formula is C22H49N2O6Si4.